The Kier molecular flexibility index (Phi) is 4.53. The number of aromatic nitrogens is 1. The number of rotatable bonds is 3. The van der Waals surface area contributed by atoms with Crippen LogP contribution in [0.3, 0.4) is 0 Å². The molecule has 1 aromatic rings. The number of hydrogen-bond acceptors (Lipinski definition) is 2. The maximum Gasteiger partial charge on any atom is 0.253 e. The molecule has 2 heterocycles. The normalized spacial score (nSPS) is 23.1. The first-order chi connectivity index (χ1) is 9.40. The summed E-state index contributed by atoms with van der Waals surface area (Å²) in [5.41, 5.74) is 3.04. The quantitative estimate of drug-likeness (QED) is 0.892. The summed E-state index contributed by atoms with van der Waals surface area (Å²) in [6, 6.07) is 3.17. The van der Waals surface area contributed by atoms with Crippen molar-refractivity contribution >= 4 is 5.91 Å². The third-order valence-electron chi connectivity index (χ3n) is 4.20. The molecule has 1 saturated heterocycles. The Morgan fingerprint density at radius 1 is 1.45 bits per heavy atom. The molecule has 2 rings (SSSR count). The highest BCUT2D eigenvalue weighted by atomic mass is 16.1. The molecule has 1 aliphatic heterocycles. The zero-order valence-corrected chi connectivity index (χ0v) is 13.3. The molecule has 0 spiro atoms. The fraction of sp³-hybridized carbons (Fsp3) is 0.688. The molecule has 0 radical (unpaired) electrons. The summed E-state index contributed by atoms with van der Waals surface area (Å²) in [5.74, 6) is 0.0732. The lowest BCUT2D eigenvalue weighted by molar-refractivity contribution is 0.0925. The average Bonchev–Trinajstić information content (AvgIpc) is 2.64. The van der Waals surface area contributed by atoms with Gasteiger partial charge >= 0.3 is 0 Å². The van der Waals surface area contributed by atoms with E-state index >= 15 is 0 Å². The second kappa shape index (κ2) is 6.00. The van der Waals surface area contributed by atoms with E-state index in [1.54, 1.807) is 0 Å². The molecule has 1 fully saturated rings. The number of piperidine rings is 1. The number of carbonyl (C=O) groups is 1. The number of hydrogen-bond donors (Lipinski definition) is 2. The van der Waals surface area contributed by atoms with Crippen LogP contribution >= 0.6 is 0 Å². The molecule has 0 aliphatic carbocycles. The van der Waals surface area contributed by atoms with Crippen molar-refractivity contribution in [3.05, 3.63) is 23.0 Å². The van der Waals surface area contributed by atoms with E-state index in [0.29, 0.717) is 18.1 Å². The van der Waals surface area contributed by atoms with Gasteiger partial charge in [0.1, 0.15) is 0 Å². The summed E-state index contributed by atoms with van der Waals surface area (Å²) in [4.78, 5) is 12.5. The molecule has 20 heavy (non-hydrogen) atoms. The van der Waals surface area contributed by atoms with Crippen molar-refractivity contribution in [3.63, 3.8) is 0 Å². The Morgan fingerprint density at radius 3 is 2.70 bits per heavy atom. The minimum Gasteiger partial charge on any atom is -0.349 e. The fourth-order valence-corrected chi connectivity index (χ4v) is 3.33. The van der Waals surface area contributed by atoms with E-state index in [2.05, 4.69) is 42.9 Å². The second-order valence-electron chi connectivity index (χ2n) is 6.30. The van der Waals surface area contributed by atoms with Crippen LogP contribution in [-0.4, -0.2) is 29.1 Å². The highest BCUT2D eigenvalue weighted by Crippen LogP contribution is 2.20. The Bertz CT molecular complexity index is 490. The SMILES string of the molecule is Cc1cc(C(=O)NC2CCNC(C)C2)c(C)n1C(C)C. The molecule has 0 aromatic carbocycles. The van der Waals surface area contributed by atoms with Crippen LogP contribution in [0.4, 0.5) is 0 Å². The Labute approximate surface area is 121 Å². The van der Waals surface area contributed by atoms with E-state index in [-0.39, 0.29) is 5.91 Å². The molecule has 2 N–H and O–H groups in total. The van der Waals surface area contributed by atoms with Crippen molar-refractivity contribution in [1.29, 1.82) is 0 Å². The minimum absolute atomic E-state index is 0.0732. The van der Waals surface area contributed by atoms with Crippen molar-refractivity contribution in [1.82, 2.24) is 15.2 Å². The highest BCUT2D eigenvalue weighted by molar-refractivity contribution is 5.95. The maximum atomic E-state index is 12.5. The molecule has 0 saturated carbocycles. The average molecular weight is 277 g/mol. The van der Waals surface area contributed by atoms with Gasteiger partial charge in [0, 0.05) is 29.5 Å². The van der Waals surface area contributed by atoms with E-state index in [0.717, 1.165) is 36.3 Å². The van der Waals surface area contributed by atoms with Gasteiger partial charge in [-0.2, -0.15) is 0 Å². The van der Waals surface area contributed by atoms with Crippen molar-refractivity contribution in [2.24, 2.45) is 0 Å². The van der Waals surface area contributed by atoms with Crippen molar-refractivity contribution in [2.45, 2.75) is 65.6 Å². The van der Waals surface area contributed by atoms with Gasteiger partial charge in [0.25, 0.3) is 5.91 Å². The van der Waals surface area contributed by atoms with Crippen LogP contribution in [0.15, 0.2) is 6.07 Å². The molecule has 0 bridgehead atoms. The minimum atomic E-state index is 0.0732. The standard InChI is InChI=1S/C16H27N3O/c1-10(2)19-12(4)9-15(13(19)5)16(20)18-14-6-7-17-11(3)8-14/h9-11,14,17H,6-8H2,1-5H3,(H,18,20). The van der Waals surface area contributed by atoms with Gasteiger partial charge < -0.3 is 15.2 Å². The monoisotopic (exact) mass is 277 g/mol. The van der Waals surface area contributed by atoms with Gasteiger partial charge in [-0.3, -0.25) is 4.79 Å². The number of carbonyl (C=O) groups excluding carboxylic acids is 1. The lowest BCUT2D eigenvalue weighted by Crippen LogP contribution is -2.46. The molecule has 1 aliphatic rings. The zero-order valence-electron chi connectivity index (χ0n) is 13.3. The highest BCUT2D eigenvalue weighted by Gasteiger charge is 2.23. The largest absolute Gasteiger partial charge is 0.349 e. The molecule has 2 atom stereocenters. The number of nitrogens with one attached hydrogen (secondary N) is 2. The molecule has 4 heteroatoms. The molecule has 1 amide bonds. The van der Waals surface area contributed by atoms with Crippen molar-refractivity contribution in [2.75, 3.05) is 6.54 Å². The van der Waals surface area contributed by atoms with Crippen LogP contribution in [0.25, 0.3) is 0 Å². The first kappa shape index (κ1) is 15.1. The van der Waals surface area contributed by atoms with Gasteiger partial charge in [-0.25, -0.2) is 0 Å². The van der Waals surface area contributed by atoms with Crippen LogP contribution in [0.5, 0.6) is 0 Å². The summed E-state index contributed by atoms with van der Waals surface area (Å²) >= 11 is 0. The van der Waals surface area contributed by atoms with Gasteiger partial charge in [-0.05, 0) is 60.1 Å². The number of nitrogens with zero attached hydrogens (tertiary/aromatic N) is 1. The third-order valence-corrected chi connectivity index (χ3v) is 4.20. The summed E-state index contributed by atoms with van der Waals surface area (Å²) in [5, 5.41) is 6.60. The predicted molar refractivity (Wildman–Crippen MR) is 82.2 cm³/mol. The van der Waals surface area contributed by atoms with Crippen LogP contribution < -0.4 is 10.6 Å². The molecular weight excluding hydrogens is 250 g/mol. The van der Waals surface area contributed by atoms with Gasteiger partial charge in [0.2, 0.25) is 0 Å². The first-order valence-electron chi connectivity index (χ1n) is 7.62. The molecule has 2 unspecified atom stereocenters. The van der Waals surface area contributed by atoms with E-state index < -0.39 is 0 Å². The van der Waals surface area contributed by atoms with E-state index in [1.807, 2.05) is 13.0 Å². The Hall–Kier alpha value is -1.29. The van der Waals surface area contributed by atoms with E-state index in [1.165, 1.54) is 0 Å². The smallest absolute Gasteiger partial charge is 0.253 e. The van der Waals surface area contributed by atoms with Crippen LogP contribution in [-0.2, 0) is 0 Å². The van der Waals surface area contributed by atoms with Crippen molar-refractivity contribution in [3.8, 4) is 0 Å². The first-order valence-corrected chi connectivity index (χ1v) is 7.62. The summed E-state index contributed by atoms with van der Waals surface area (Å²) in [7, 11) is 0. The van der Waals surface area contributed by atoms with Gasteiger partial charge in [0.15, 0.2) is 0 Å². The molecule has 1 aromatic heterocycles. The van der Waals surface area contributed by atoms with Crippen molar-refractivity contribution < 1.29 is 4.79 Å². The zero-order chi connectivity index (χ0) is 14.9. The topological polar surface area (TPSA) is 46.1 Å². The summed E-state index contributed by atoms with van der Waals surface area (Å²) in [6.45, 7) is 11.6. The maximum absolute atomic E-state index is 12.5. The Balaban J connectivity index is 2.11. The van der Waals surface area contributed by atoms with Gasteiger partial charge in [-0.1, -0.05) is 0 Å². The van der Waals surface area contributed by atoms with Crippen LogP contribution in [0.2, 0.25) is 0 Å². The molecule has 112 valence electrons. The summed E-state index contributed by atoms with van der Waals surface area (Å²) < 4.78 is 2.22. The van der Waals surface area contributed by atoms with E-state index in [4.69, 9.17) is 0 Å². The lowest BCUT2D eigenvalue weighted by atomic mass is 10.0. The third kappa shape index (κ3) is 3.06. The molecule has 4 nitrogen and oxygen atoms in total. The second-order valence-corrected chi connectivity index (χ2v) is 6.30. The van der Waals surface area contributed by atoms with Crippen LogP contribution in [0, 0.1) is 13.8 Å². The predicted octanol–water partition coefficient (Wildman–Crippen LogP) is 2.56. The Morgan fingerprint density at radius 2 is 2.15 bits per heavy atom. The summed E-state index contributed by atoms with van der Waals surface area (Å²) in [6.07, 6.45) is 2.02. The fourth-order valence-electron chi connectivity index (χ4n) is 3.33. The number of aryl methyl sites for hydroxylation is 1. The van der Waals surface area contributed by atoms with Crippen LogP contribution in [0.1, 0.15) is 61.4 Å². The van der Waals surface area contributed by atoms with E-state index in [9.17, 15) is 4.79 Å². The molecular formula is C16H27N3O. The van der Waals surface area contributed by atoms with Gasteiger partial charge in [-0.15, -0.1) is 0 Å². The van der Waals surface area contributed by atoms with Gasteiger partial charge in [0.05, 0.1) is 5.56 Å². The lowest BCUT2D eigenvalue weighted by Gasteiger charge is -2.28. The number of amides is 1.